The number of thiazole rings is 1. The third kappa shape index (κ3) is 4.42. The number of benzene rings is 2. The van der Waals surface area contributed by atoms with Gasteiger partial charge in [0.25, 0.3) is 0 Å². The van der Waals surface area contributed by atoms with Gasteiger partial charge < -0.3 is 9.47 Å². The average molecular weight is 388 g/mol. The Kier molecular flexibility index (Phi) is 5.91. The number of aryl methyl sites for hydroxylation is 1. The Morgan fingerprint density at radius 1 is 1.23 bits per heavy atom. The number of rotatable bonds is 6. The van der Waals surface area contributed by atoms with E-state index in [0.717, 1.165) is 21.8 Å². The summed E-state index contributed by atoms with van der Waals surface area (Å²) in [5.41, 5.74) is 3.00. The van der Waals surface area contributed by atoms with Crippen molar-refractivity contribution in [3.8, 4) is 17.0 Å². The lowest BCUT2D eigenvalue weighted by molar-refractivity contribution is 0.0521. The van der Waals surface area contributed by atoms with Gasteiger partial charge in [-0.2, -0.15) is 0 Å². The minimum atomic E-state index is -0.414. The van der Waals surface area contributed by atoms with Crippen molar-refractivity contribution in [2.45, 2.75) is 20.5 Å². The molecule has 0 amide bonds. The molecule has 1 aromatic heterocycles. The van der Waals surface area contributed by atoms with Crippen molar-refractivity contribution < 1.29 is 14.3 Å². The largest absolute Gasteiger partial charge is 0.488 e. The minimum absolute atomic E-state index is 0.298. The molecule has 0 aliphatic heterocycles. The predicted molar refractivity (Wildman–Crippen MR) is 104 cm³/mol. The summed E-state index contributed by atoms with van der Waals surface area (Å²) in [5.74, 6) is 0.0570. The van der Waals surface area contributed by atoms with E-state index in [-0.39, 0.29) is 0 Å². The fourth-order valence-corrected chi connectivity index (χ4v) is 3.30. The molecule has 1 heterocycles. The Morgan fingerprint density at radius 2 is 2.08 bits per heavy atom. The molecule has 3 aromatic rings. The summed E-state index contributed by atoms with van der Waals surface area (Å²) < 4.78 is 11.0. The highest BCUT2D eigenvalue weighted by molar-refractivity contribution is 7.09. The number of esters is 1. The smallest absolute Gasteiger partial charge is 0.341 e. The van der Waals surface area contributed by atoms with Crippen molar-refractivity contribution in [1.29, 1.82) is 0 Å². The van der Waals surface area contributed by atoms with Crippen LogP contribution in [0.2, 0.25) is 5.02 Å². The molecule has 0 unspecified atom stereocenters. The van der Waals surface area contributed by atoms with E-state index in [9.17, 15) is 4.79 Å². The van der Waals surface area contributed by atoms with E-state index < -0.39 is 5.97 Å². The van der Waals surface area contributed by atoms with Gasteiger partial charge in [0.15, 0.2) is 0 Å². The Bertz CT molecular complexity index is 923. The van der Waals surface area contributed by atoms with Crippen molar-refractivity contribution in [2.24, 2.45) is 0 Å². The maximum absolute atomic E-state index is 12.4. The van der Waals surface area contributed by atoms with Crippen LogP contribution in [0, 0.1) is 6.92 Å². The van der Waals surface area contributed by atoms with Gasteiger partial charge in [0.1, 0.15) is 17.9 Å². The van der Waals surface area contributed by atoms with Gasteiger partial charge in [-0.3, -0.25) is 0 Å². The maximum atomic E-state index is 12.4. The predicted octanol–water partition coefficient (Wildman–Crippen LogP) is 5.53. The quantitative estimate of drug-likeness (QED) is 0.522. The van der Waals surface area contributed by atoms with Gasteiger partial charge in [-0.1, -0.05) is 23.7 Å². The Morgan fingerprint density at radius 3 is 2.77 bits per heavy atom. The van der Waals surface area contributed by atoms with Gasteiger partial charge in [-0.05, 0) is 49.7 Å². The number of aromatic nitrogens is 1. The van der Waals surface area contributed by atoms with Crippen molar-refractivity contribution in [3.63, 3.8) is 0 Å². The normalized spacial score (nSPS) is 10.6. The van der Waals surface area contributed by atoms with E-state index >= 15 is 0 Å². The summed E-state index contributed by atoms with van der Waals surface area (Å²) in [6.07, 6.45) is 0. The zero-order valence-electron chi connectivity index (χ0n) is 14.5. The molecule has 0 saturated heterocycles. The van der Waals surface area contributed by atoms with Crippen molar-refractivity contribution in [2.75, 3.05) is 6.61 Å². The third-order valence-electron chi connectivity index (χ3n) is 3.67. The molecule has 0 saturated carbocycles. The first-order valence-corrected chi connectivity index (χ1v) is 9.43. The fourth-order valence-electron chi connectivity index (χ4n) is 2.47. The van der Waals surface area contributed by atoms with E-state index in [4.69, 9.17) is 21.1 Å². The topological polar surface area (TPSA) is 48.4 Å². The van der Waals surface area contributed by atoms with Gasteiger partial charge in [-0.25, -0.2) is 9.78 Å². The van der Waals surface area contributed by atoms with Crippen molar-refractivity contribution in [3.05, 3.63) is 69.0 Å². The lowest BCUT2D eigenvalue weighted by Gasteiger charge is -2.12. The van der Waals surface area contributed by atoms with Crippen LogP contribution < -0.4 is 4.74 Å². The van der Waals surface area contributed by atoms with Crippen molar-refractivity contribution in [1.82, 2.24) is 4.98 Å². The van der Waals surface area contributed by atoms with Crippen LogP contribution in [0.3, 0.4) is 0 Å². The summed E-state index contributed by atoms with van der Waals surface area (Å²) in [5, 5.41) is 3.58. The summed E-state index contributed by atoms with van der Waals surface area (Å²) in [6.45, 7) is 4.33. The number of ether oxygens (including phenoxy) is 2. The van der Waals surface area contributed by atoms with E-state index in [1.54, 1.807) is 36.5 Å². The first-order valence-electron chi connectivity index (χ1n) is 8.17. The van der Waals surface area contributed by atoms with Gasteiger partial charge in [0.05, 0.1) is 17.3 Å². The first-order chi connectivity index (χ1) is 12.6. The molecule has 0 atom stereocenters. The molecule has 0 aliphatic carbocycles. The number of hydrogen-bond donors (Lipinski definition) is 0. The van der Waals surface area contributed by atoms with Gasteiger partial charge in [0.2, 0.25) is 0 Å². The lowest BCUT2D eigenvalue weighted by Crippen LogP contribution is -2.08. The summed E-state index contributed by atoms with van der Waals surface area (Å²) >= 11 is 7.57. The van der Waals surface area contributed by atoms with Crippen LogP contribution in [0.5, 0.6) is 5.75 Å². The summed E-state index contributed by atoms with van der Waals surface area (Å²) in [7, 11) is 0. The average Bonchev–Trinajstić information content (AvgIpc) is 3.06. The third-order valence-corrected chi connectivity index (χ3v) is 4.68. The number of nitrogens with zero attached hydrogens (tertiary/aromatic N) is 1. The number of carbonyl (C=O) groups is 1. The van der Waals surface area contributed by atoms with Crippen molar-refractivity contribution >= 4 is 28.9 Å². The molecule has 2 aromatic carbocycles. The summed E-state index contributed by atoms with van der Waals surface area (Å²) in [4.78, 5) is 16.8. The molecule has 3 rings (SSSR count). The SMILES string of the molecule is CCOC(=O)c1cc(-c2csc(C)n2)ccc1OCc1cccc(Cl)c1. The molecule has 4 nitrogen and oxygen atoms in total. The molecule has 0 bridgehead atoms. The molecule has 0 fully saturated rings. The molecule has 134 valence electrons. The van der Waals surface area contributed by atoms with Crippen LogP contribution in [0.25, 0.3) is 11.3 Å². The Balaban J connectivity index is 1.89. The van der Waals surface area contributed by atoms with E-state index in [1.165, 1.54) is 0 Å². The lowest BCUT2D eigenvalue weighted by atomic mass is 10.1. The minimum Gasteiger partial charge on any atom is -0.488 e. The number of hydrogen-bond acceptors (Lipinski definition) is 5. The van der Waals surface area contributed by atoms with E-state index in [1.807, 2.05) is 36.6 Å². The van der Waals surface area contributed by atoms with E-state index in [2.05, 4.69) is 4.98 Å². The number of halogens is 1. The Hall–Kier alpha value is -2.37. The zero-order chi connectivity index (χ0) is 18.5. The number of carbonyl (C=O) groups excluding carboxylic acids is 1. The molecule has 0 radical (unpaired) electrons. The second-order valence-corrected chi connectivity index (χ2v) is 7.10. The van der Waals surface area contributed by atoms with Gasteiger partial charge in [-0.15, -0.1) is 11.3 Å². The second-order valence-electron chi connectivity index (χ2n) is 5.60. The van der Waals surface area contributed by atoms with Crippen LogP contribution in [-0.2, 0) is 11.3 Å². The molecule has 0 aliphatic rings. The van der Waals surface area contributed by atoms with Crippen LogP contribution in [0.1, 0.15) is 27.9 Å². The van der Waals surface area contributed by atoms with Crippen LogP contribution in [-0.4, -0.2) is 17.6 Å². The van der Waals surface area contributed by atoms with Gasteiger partial charge >= 0.3 is 5.97 Å². The molecule has 0 N–H and O–H groups in total. The first kappa shape index (κ1) is 18.4. The molecule has 6 heteroatoms. The second kappa shape index (κ2) is 8.34. The van der Waals surface area contributed by atoms with Crippen LogP contribution in [0.4, 0.5) is 0 Å². The zero-order valence-corrected chi connectivity index (χ0v) is 16.1. The molecule has 0 spiro atoms. The fraction of sp³-hybridized carbons (Fsp3) is 0.200. The summed E-state index contributed by atoms with van der Waals surface area (Å²) in [6, 6.07) is 12.9. The molecular formula is C20H18ClNO3S. The standard InChI is InChI=1S/C20H18ClNO3S/c1-3-24-20(23)17-10-15(18-12-26-13(2)22-18)7-8-19(17)25-11-14-5-4-6-16(21)9-14/h4-10,12H,3,11H2,1-2H3. The van der Waals surface area contributed by atoms with Crippen LogP contribution in [0.15, 0.2) is 47.8 Å². The Labute approximate surface area is 161 Å². The highest BCUT2D eigenvalue weighted by atomic mass is 35.5. The highest BCUT2D eigenvalue weighted by Crippen LogP contribution is 2.29. The molecular weight excluding hydrogens is 370 g/mol. The monoisotopic (exact) mass is 387 g/mol. The highest BCUT2D eigenvalue weighted by Gasteiger charge is 2.16. The van der Waals surface area contributed by atoms with Crippen LogP contribution >= 0.6 is 22.9 Å². The van der Waals surface area contributed by atoms with E-state index in [0.29, 0.717) is 29.5 Å². The molecule has 26 heavy (non-hydrogen) atoms. The maximum Gasteiger partial charge on any atom is 0.341 e. The van der Waals surface area contributed by atoms with Gasteiger partial charge in [0, 0.05) is 16.0 Å².